The molecule has 144 valence electrons. The normalized spacial score (nSPS) is 21.5. The second kappa shape index (κ2) is 9.91. The van der Waals surface area contributed by atoms with Gasteiger partial charge in [-0.25, -0.2) is 0 Å². The van der Waals surface area contributed by atoms with Crippen LogP contribution in [0.2, 0.25) is 0 Å². The van der Waals surface area contributed by atoms with Gasteiger partial charge >= 0.3 is 0 Å². The maximum atomic E-state index is 12.4. The van der Waals surface area contributed by atoms with Gasteiger partial charge in [-0.05, 0) is 12.8 Å². The van der Waals surface area contributed by atoms with Gasteiger partial charge in [-0.3, -0.25) is 14.4 Å². The Hall–Kier alpha value is -2.42. The highest BCUT2D eigenvalue weighted by Gasteiger charge is 2.28. The van der Waals surface area contributed by atoms with Crippen molar-refractivity contribution in [2.75, 3.05) is 33.9 Å². The van der Waals surface area contributed by atoms with Gasteiger partial charge in [0.25, 0.3) is 5.91 Å². The van der Waals surface area contributed by atoms with E-state index in [4.69, 9.17) is 9.26 Å². The van der Waals surface area contributed by atoms with Gasteiger partial charge in [-0.1, -0.05) is 11.6 Å². The molecular weight excluding hydrogens is 340 g/mol. The molecule has 1 saturated heterocycles. The first-order chi connectivity index (χ1) is 12.5. The second-order valence-corrected chi connectivity index (χ2v) is 6.44. The third-order valence-corrected chi connectivity index (χ3v) is 4.42. The van der Waals surface area contributed by atoms with Crippen LogP contribution < -0.4 is 10.6 Å². The first-order valence-electron chi connectivity index (χ1n) is 8.73. The van der Waals surface area contributed by atoms with Crippen LogP contribution in [0.4, 0.5) is 0 Å². The summed E-state index contributed by atoms with van der Waals surface area (Å²) in [6.45, 7) is 1.24. The van der Waals surface area contributed by atoms with Crippen LogP contribution in [0.1, 0.15) is 36.2 Å². The Labute approximate surface area is 152 Å². The first-order valence-corrected chi connectivity index (χ1v) is 8.73. The standard InChI is InChI=1S/C17H26N4O5/c1-21-11-13(20-17(24)14-6-7-19-26-14)5-3-4-12(10-15(21)22)16(23)18-8-9-25-2/h6-7,12-13H,3-5,8-11H2,1-2H3,(H,18,23)(H,20,24). The summed E-state index contributed by atoms with van der Waals surface area (Å²) < 4.78 is 9.78. The van der Waals surface area contributed by atoms with E-state index >= 15 is 0 Å². The molecular formula is C17H26N4O5. The molecule has 0 spiro atoms. The second-order valence-electron chi connectivity index (χ2n) is 6.44. The predicted molar refractivity (Wildman–Crippen MR) is 92.2 cm³/mol. The van der Waals surface area contributed by atoms with Gasteiger partial charge in [0.05, 0.1) is 12.8 Å². The first kappa shape index (κ1) is 19.9. The van der Waals surface area contributed by atoms with Gasteiger partial charge in [-0.15, -0.1) is 0 Å². The molecule has 0 aliphatic carbocycles. The Morgan fingerprint density at radius 2 is 2.23 bits per heavy atom. The molecule has 0 bridgehead atoms. The van der Waals surface area contributed by atoms with E-state index in [1.54, 1.807) is 19.1 Å². The van der Waals surface area contributed by atoms with Gasteiger partial charge in [0, 0.05) is 51.7 Å². The van der Waals surface area contributed by atoms with Gasteiger partial charge in [0.1, 0.15) is 0 Å². The topological polar surface area (TPSA) is 114 Å². The molecule has 2 N–H and O–H groups in total. The number of aromatic nitrogens is 1. The zero-order chi connectivity index (χ0) is 18.9. The van der Waals surface area contributed by atoms with E-state index in [-0.39, 0.29) is 41.9 Å². The molecule has 1 aliphatic heterocycles. The zero-order valence-corrected chi connectivity index (χ0v) is 15.2. The lowest BCUT2D eigenvalue weighted by Crippen LogP contribution is -2.44. The Balaban J connectivity index is 1.94. The molecule has 2 atom stereocenters. The van der Waals surface area contributed by atoms with E-state index in [9.17, 15) is 14.4 Å². The molecule has 1 aromatic rings. The number of carbonyl (C=O) groups is 3. The summed E-state index contributed by atoms with van der Waals surface area (Å²) in [5.41, 5.74) is 0. The molecule has 0 aromatic carbocycles. The van der Waals surface area contributed by atoms with E-state index in [1.165, 1.54) is 12.3 Å². The highest BCUT2D eigenvalue weighted by atomic mass is 16.5. The molecule has 1 aliphatic rings. The average Bonchev–Trinajstić information content (AvgIpc) is 3.15. The number of ether oxygens (including phenoxy) is 1. The maximum Gasteiger partial charge on any atom is 0.290 e. The van der Waals surface area contributed by atoms with Crippen molar-refractivity contribution in [3.05, 3.63) is 18.0 Å². The lowest BCUT2D eigenvalue weighted by atomic mass is 9.96. The zero-order valence-electron chi connectivity index (χ0n) is 15.2. The lowest BCUT2D eigenvalue weighted by Gasteiger charge is -2.24. The van der Waals surface area contributed by atoms with Crippen LogP contribution in [-0.2, 0) is 14.3 Å². The highest BCUT2D eigenvalue weighted by molar-refractivity contribution is 5.91. The Morgan fingerprint density at radius 1 is 1.42 bits per heavy atom. The van der Waals surface area contributed by atoms with Crippen molar-refractivity contribution in [1.82, 2.24) is 20.7 Å². The number of methoxy groups -OCH3 is 1. The summed E-state index contributed by atoms with van der Waals surface area (Å²) in [7, 11) is 3.25. The molecule has 2 unspecified atom stereocenters. The van der Waals surface area contributed by atoms with E-state index in [2.05, 4.69) is 15.8 Å². The number of nitrogens with one attached hydrogen (secondary N) is 2. The molecule has 2 rings (SSSR count). The number of rotatable bonds is 6. The van der Waals surface area contributed by atoms with Crippen molar-refractivity contribution in [2.45, 2.75) is 31.7 Å². The molecule has 26 heavy (non-hydrogen) atoms. The van der Waals surface area contributed by atoms with Gasteiger partial charge < -0.3 is 24.8 Å². The number of amides is 3. The van der Waals surface area contributed by atoms with Crippen LogP contribution in [0.3, 0.4) is 0 Å². The van der Waals surface area contributed by atoms with E-state index in [1.807, 2.05) is 0 Å². The SMILES string of the molecule is COCCNC(=O)C1CCCC(NC(=O)c2ccno2)CN(C)C(=O)C1. The minimum atomic E-state index is -0.370. The summed E-state index contributed by atoms with van der Waals surface area (Å²) in [5.74, 6) is -0.841. The van der Waals surface area contributed by atoms with Crippen LogP contribution in [-0.4, -0.2) is 67.7 Å². The van der Waals surface area contributed by atoms with E-state index < -0.39 is 0 Å². The van der Waals surface area contributed by atoms with Crippen LogP contribution in [0.25, 0.3) is 0 Å². The summed E-state index contributed by atoms with van der Waals surface area (Å²) in [6.07, 6.45) is 3.55. The molecule has 0 saturated carbocycles. The molecule has 2 heterocycles. The van der Waals surface area contributed by atoms with Crippen molar-refractivity contribution < 1.29 is 23.6 Å². The largest absolute Gasteiger partial charge is 0.383 e. The average molecular weight is 366 g/mol. The quantitative estimate of drug-likeness (QED) is 0.695. The van der Waals surface area contributed by atoms with Crippen LogP contribution in [0.15, 0.2) is 16.8 Å². The number of nitrogens with zero attached hydrogens (tertiary/aromatic N) is 2. The lowest BCUT2D eigenvalue weighted by molar-refractivity contribution is -0.135. The monoisotopic (exact) mass is 366 g/mol. The highest BCUT2D eigenvalue weighted by Crippen LogP contribution is 2.19. The van der Waals surface area contributed by atoms with Crippen LogP contribution >= 0.6 is 0 Å². The predicted octanol–water partition coefficient (Wildman–Crippen LogP) is 0.184. The summed E-state index contributed by atoms with van der Waals surface area (Å²) in [4.78, 5) is 38.4. The van der Waals surface area contributed by atoms with Crippen molar-refractivity contribution in [1.29, 1.82) is 0 Å². The van der Waals surface area contributed by atoms with Crippen LogP contribution in [0, 0.1) is 5.92 Å². The summed E-state index contributed by atoms with van der Waals surface area (Å²) in [6, 6.07) is 1.27. The Morgan fingerprint density at radius 3 is 2.92 bits per heavy atom. The fourth-order valence-electron chi connectivity index (χ4n) is 2.95. The molecule has 1 aromatic heterocycles. The van der Waals surface area contributed by atoms with Crippen LogP contribution in [0.5, 0.6) is 0 Å². The number of likely N-dealkylation sites (N-methyl/N-ethyl adjacent to an activating group) is 1. The third kappa shape index (κ3) is 5.83. The van der Waals surface area contributed by atoms with Crippen molar-refractivity contribution in [3.63, 3.8) is 0 Å². The van der Waals surface area contributed by atoms with Crippen molar-refractivity contribution >= 4 is 17.7 Å². The van der Waals surface area contributed by atoms with Gasteiger partial charge in [0.2, 0.25) is 17.6 Å². The third-order valence-electron chi connectivity index (χ3n) is 4.42. The number of hydrogen-bond acceptors (Lipinski definition) is 6. The minimum Gasteiger partial charge on any atom is -0.383 e. The number of carbonyl (C=O) groups excluding carboxylic acids is 3. The summed E-state index contributed by atoms with van der Waals surface area (Å²) >= 11 is 0. The van der Waals surface area contributed by atoms with E-state index in [0.29, 0.717) is 32.5 Å². The van der Waals surface area contributed by atoms with Gasteiger partial charge in [-0.2, -0.15) is 0 Å². The maximum absolute atomic E-state index is 12.4. The smallest absolute Gasteiger partial charge is 0.290 e. The minimum absolute atomic E-state index is 0.113. The molecule has 3 amide bonds. The van der Waals surface area contributed by atoms with E-state index in [0.717, 1.165) is 6.42 Å². The molecule has 1 fully saturated rings. The number of hydrogen-bond donors (Lipinski definition) is 2. The van der Waals surface area contributed by atoms with Gasteiger partial charge in [0.15, 0.2) is 0 Å². The van der Waals surface area contributed by atoms with Crippen molar-refractivity contribution in [2.24, 2.45) is 5.92 Å². The summed E-state index contributed by atoms with van der Waals surface area (Å²) in [5, 5.41) is 9.18. The molecule has 9 nitrogen and oxygen atoms in total. The molecule has 9 heteroatoms. The molecule has 0 radical (unpaired) electrons. The fourth-order valence-corrected chi connectivity index (χ4v) is 2.95. The fraction of sp³-hybridized carbons (Fsp3) is 0.647. The van der Waals surface area contributed by atoms with Crippen molar-refractivity contribution in [3.8, 4) is 0 Å². The Kier molecular flexibility index (Phi) is 7.58. The Bertz CT molecular complexity index is 604.